The first-order valence-corrected chi connectivity index (χ1v) is 7.19. The van der Waals surface area contributed by atoms with Gasteiger partial charge in [-0.05, 0) is 31.2 Å². The van der Waals surface area contributed by atoms with Crippen molar-refractivity contribution >= 4 is 28.2 Å². The number of amides is 1. The van der Waals surface area contributed by atoms with Gasteiger partial charge in [-0.25, -0.2) is 4.79 Å². The van der Waals surface area contributed by atoms with Crippen molar-refractivity contribution in [2.45, 2.75) is 13.3 Å². The molecular formula is C15H15NO4S. The molecule has 1 aromatic carbocycles. The van der Waals surface area contributed by atoms with Crippen LogP contribution < -0.4 is 10.1 Å². The predicted octanol–water partition coefficient (Wildman–Crippen LogP) is 3.16. The Morgan fingerprint density at radius 1 is 1.19 bits per heavy atom. The van der Waals surface area contributed by atoms with Crippen molar-refractivity contribution in [1.82, 2.24) is 0 Å². The van der Waals surface area contributed by atoms with Crippen LogP contribution in [-0.2, 0) is 4.79 Å². The van der Waals surface area contributed by atoms with Crippen molar-refractivity contribution in [2.24, 2.45) is 0 Å². The molecule has 1 amide bonds. The first-order chi connectivity index (χ1) is 10.0. The second-order valence-corrected chi connectivity index (χ2v) is 5.51. The Morgan fingerprint density at radius 2 is 1.90 bits per heavy atom. The molecule has 0 radical (unpaired) electrons. The van der Waals surface area contributed by atoms with E-state index in [1.807, 2.05) is 31.2 Å². The number of carbonyl (C=O) groups is 2. The molecule has 0 saturated carbocycles. The molecule has 0 saturated heterocycles. The van der Waals surface area contributed by atoms with Crippen molar-refractivity contribution in [3.05, 3.63) is 46.8 Å². The quantitative estimate of drug-likeness (QED) is 0.859. The van der Waals surface area contributed by atoms with E-state index < -0.39 is 5.97 Å². The van der Waals surface area contributed by atoms with Crippen LogP contribution in [0.25, 0.3) is 0 Å². The maximum absolute atomic E-state index is 11.7. The van der Waals surface area contributed by atoms with Crippen LogP contribution in [0.1, 0.15) is 21.7 Å². The second kappa shape index (κ2) is 6.90. The Morgan fingerprint density at radius 3 is 2.52 bits per heavy atom. The number of carbonyl (C=O) groups excluding carboxylic acids is 1. The number of aromatic carboxylic acids is 1. The van der Waals surface area contributed by atoms with Gasteiger partial charge in [0.25, 0.3) is 0 Å². The summed E-state index contributed by atoms with van der Waals surface area (Å²) in [4.78, 5) is 22.6. The van der Waals surface area contributed by atoms with Crippen LogP contribution in [-0.4, -0.2) is 23.6 Å². The van der Waals surface area contributed by atoms with Crippen molar-refractivity contribution in [3.63, 3.8) is 0 Å². The first-order valence-electron chi connectivity index (χ1n) is 6.37. The van der Waals surface area contributed by atoms with Crippen LogP contribution in [0.2, 0.25) is 0 Å². The zero-order valence-electron chi connectivity index (χ0n) is 11.5. The van der Waals surface area contributed by atoms with Gasteiger partial charge in [-0.3, -0.25) is 4.79 Å². The van der Waals surface area contributed by atoms with Crippen LogP contribution in [0.4, 0.5) is 5.00 Å². The van der Waals surface area contributed by atoms with E-state index in [-0.39, 0.29) is 23.8 Å². The Hall–Kier alpha value is -2.34. The summed E-state index contributed by atoms with van der Waals surface area (Å²) in [5.74, 6) is -0.484. The standard InChI is InChI=1S/C15H15NO4S/c1-10-2-4-11(5-3-10)20-9-8-13(17)16-14-7-6-12(21-14)15(18)19/h2-7H,8-9H2,1H3,(H,16,17)(H,18,19). The number of benzene rings is 1. The van der Waals surface area contributed by atoms with Gasteiger partial charge in [0.15, 0.2) is 0 Å². The summed E-state index contributed by atoms with van der Waals surface area (Å²) in [7, 11) is 0. The van der Waals surface area contributed by atoms with E-state index in [0.717, 1.165) is 22.6 Å². The van der Waals surface area contributed by atoms with E-state index in [4.69, 9.17) is 9.84 Å². The van der Waals surface area contributed by atoms with E-state index >= 15 is 0 Å². The summed E-state index contributed by atoms with van der Waals surface area (Å²) >= 11 is 1.03. The number of nitrogens with one attached hydrogen (secondary N) is 1. The van der Waals surface area contributed by atoms with E-state index in [0.29, 0.717) is 5.00 Å². The van der Waals surface area contributed by atoms with Crippen molar-refractivity contribution in [3.8, 4) is 5.75 Å². The lowest BCUT2D eigenvalue weighted by molar-refractivity contribution is -0.116. The molecule has 0 aliphatic heterocycles. The highest BCUT2D eigenvalue weighted by atomic mass is 32.1. The molecule has 1 aromatic heterocycles. The van der Waals surface area contributed by atoms with Gasteiger partial charge in [0.05, 0.1) is 18.0 Å². The van der Waals surface area contributed by atoms with E-state index in [9.17, 15) is 9.59 Å². The molecule has 2 aromatic rings. The lowest BCUT2D eigenvalue weighted by Gasteiger charge is -2.06. The molecule has 2 rings (SSSR count). The topological polar surface area (TPSA) is 75.6 Å². The molecule has 110 valence electrons. The molecule has 0 atom stereocenters. The number of hydrogen-bond donors (Lipinski definition) is 2. The Balaban J connectivity index is 1.76. The Labute approximate surface area is 126 Å². The van der Waals surface area contributed by atoms with Crippen molar-refractivity contribution < 1.29 is 19.4 Å². The minimum absolute atomic E-state index is 0.196. The Kier molecular flexibility index (Phi) is 4.94. The normalized spacial score (nSPS) is 10.1. The lowest BCUT2D eigenvalue weighted by Crippen LogP contribution is -2.14. The number of rotatable bonds is 6. The van der Waals surface area contributed by atoms with Gasteiger partial charge in [-0.1, -0.05) is 17.7 Å². The van der Waals surface area contributed by atoms with Gasteiger partial charge in [0, 0.05) is 0 Å². The molecule has 0 fully saturated rings. The van der Waals surface area contributed by atoms with E-state index in [2.05, 4.69) is 5.32 Å². The molecule has 0 aliphatic rings. The molecule has 1 heterocycles. The first kappa shape index (κ1) is 15.1. The maximum atomic E-state index is 11.7. The monoisotopic (exact) mass is 305 g/mol. The average Bonchev–Trinajstić information content (AvgIpc) is 2.90. The Bertz CT molecular complexity index is 633. The summed E-state index contributed by atoms with van der Waals surface area (Å²) in [6.45, 7) is 2.26. The lowest BCUT2D eigenvalue weighted by atomic mass is 10.2. The predicted molar refractivity (Wildman–Crippen MR) is 81.2 cm³/mol. The van der Waals surface area contributed by atoms with Crippen LogP contribution in [0.15, 0.2) is 36.4 Å². The summed E-state index contributed by atoms with van der Waals surface area (Å²) in [5.41, 5.74) is 1.15. The van der Waals surface area contributed by atoms with Gasteiger partial charge in [0.2, 0.25) is 5.91 Å². The van der Waals surface area contributed by atoms with E-state index in [1.54, 1.807) is 6.07 Å². The summed E-state index contributed by atoms with van der Waals surface area (Å²) in [6.07, 6.45) is 0.203. The maximum Gasteiger partial charge on any atom is 0.345 e. The third-order valence-electron chi connectivity index (χ3n) is 2.70. The van der Waals surface area contributed by atoms with Gasteiger partial charge in [0.1, 0.15) is 10.6 Å². The van der Waals surface area contributed by atoms with Crippen LogP contribution in [0.5, 0.6) is 5.75 Å². The minimum Gasteiger partial charge on any atom is -0.493 e. The molecule has 21 heavy (non-hydrogen) atoms. The SMILES string of the molecule is Cc1ccc(OCCC(=O)Nc2ccc(C(=O)O)s2)cc1. The van der Waals surface area contributed by atoms with Gasteiger partial charge >= 0.3 is 5.97 Å². The zero-order chi connectivity index (χ0) is 15.2. The number of carboxylic acids is 1. The van der Waals surface area contributed by atoms with Gasteiger partial charge < -0.3 is 15.2 Å². The number of ether oxygens (including phenoxy) is 1. The molecule has 0 bridgehead atoms. The molecular weight excluding hydrogens is 290 g/mol. The highest BCUT2D eigenvalue weighted by molar-refractivity contribution is 7.18. The molecule has 6 heteroatoms. The fraction of sp³-hybridized carbons (Fsp3) is 0.200. The van der Waals surface area contributed by atoms with Crippen molar-refractivity contribution in [1.29, 1.82) is 0 Å². The number of hydrogen-bond acceptors (Lipinski definition) is 4. The molecule has 0 spiro atoms. The van der Waals surface area contributed by atoms with E-state index in [1.165, 1.54) is 6.07 Å². The smallest absolute Gasteiger partial charge is 0.345 e. The highest BCUT2D eigenvalue weighted by Crippen LogP contribution is 2.21. The highest BCUT2D eigenvalue weighted by Gasteiger charge is 2.09. The number of thiophene rings is 1. The van der Waals surface area contributed by atoms with Crippen LogP contribution in [0, 0.1) is 6.92 Å². The second-order valence-electron chi connectivity index (χ2n) is 4.43. The number of aryl methyl sites for hydroxylation is 1. The molecule has 0 unspecified atom stereocenters. The largest absolute Gasteiger partial charge is 0.493 e. The fourth-order valence-electron chi connectivity index (χ4n) is 1.62. The summed E-state index contributed by atoms with van der Waals surface area (Å²) in [6, 6.07) is 10.6. The zero-order valence-corrected chi connectivity index (χ0v) is 12.3. The third-order valence-corrected chi connectivity index (χ3v) is 3.69. The van der Waals surface area contributed by atoms with Gasteiger partial charge in [-0.2, -0.15) is 0 Å². The molecule has 2 N–H and O–H groups in total. The molecule has 5 nitrogen and oxygen atoms in total. The van der Waals surface area contributed by atoms with Gasteiger partial charge in [-0.15, -0.1) is 11.3 Å². The summed E-state index contributed by atoms with van der Waals surface area (Å²) in [5, 5.41) is 12.0. The van der Waals surface area contributed by atoms with Crippen LogP contribution >= 0.6 is 11.3 Å². The average molecular weight is 305 g/mol. The summed E-state index contributed by atoms with van der Waals surface area (Å²) < 4.78 is 5.46. The number of anilines is 1. The third kappa shape index (κ3) is 4.61. The minimum atomic E-state index is -0.997. The fourth-order valence-corrected chi connectivity index (χ4v) is 2.38. The number of carboxylic acid groups (broad SMARTS) is 1. The van der Waals surface area contributed by atoms with Crippen molar-refractivity contribution in [2.75, 3.05) is 11.9 Å². The van der Waals surface area contributed by atoms with Crippen LogP contribution in [0.3, 0.4) is 0 Å². The molecule has 0 aliphatic carbocycles.